The third-order valence-corrected chi connectivity index (χ3v) is 3.64. The summed E-state index contributed by atoms with van der Waals surface area (Å²) < 4.78 is 34.6. The third kappa shape index (κ3) is 2.79. The minimum atomic E-state index is -4.33. The van der Waals surface area contributed by atoms with E-state index in [2.05, 4.69) is 4.18 Å². The van der Waals surface area contributed by atoms with Gasteiger partial charge in [0.2, 0.25) is 0 Å². The van der Waals surface area contributed by atoms with Gasteiger partial charge in [0.05, 0.1) is 6.61 Å². The van der Waals surface area contributed by atoms with Gasteiger partial charge in [-0.15, -0.1) is 11.3 Å². The van der Waals surface area contributed by atoms with Crippen molar-refractivity contribution in [3.8, 4) is 0 Å². The minimum absolute atomic E-state index is 0.0421. The first-order chi connectivity index (χ1) is 7.56. The van der Waals surface area contributed by atoms with Gasteiger partial charge >= 0.3 is 10.4 Å². The maximum Gasteiger partial charge on any atom is 0.397 e. The highest BCUT2D eigenvalue weighted by Gasteiger charge is 2.07. The van der Waals surface area contributed by atoms with Crippen LogP contribution in [0.1, 0.15) is 5.56 Å². The lowest BCUT2D eigenvalue weighted by Crippen LogP contribution is -2.06. The van der Waals surface area contributed by atoms with Gasteiger partial charge in [0.15, 0.2) is 0 Å². The Morgan fingerprint density at radius 1 is 1.31 bits per heavy atom. The lowest BCUT2D eigenvalue weighted by Gasteiger charge is -1.99. The van der Waals surface area contributed by atoms with Gasteiger partial charge in [0.1, 0.15) is 0 Å². The molecule has 86 valence electrons. The van der Waals surface area contributed by atoms with Crippen molar-refractivity contribution in [2.75, 3.05) is 6.61 Å². The molecule has 0 atom stereocenters. The normalized spacial score (nSPS) is 12.1. The van der Waals surface area contributed by atoms with Gasteiger partial charge in [-0.05, 0) is 28.8 Å². The molecule has 0 aliphatic carbocycles. The molecule has 0 bridgehead atoms. The molecule has 0 fully saturated rings. The molecule has 0 saturated carbocycles. The van der Waals surface area contributed by atoms with Crippen molar-refractivity contribution < 1.29 is 17.2 Å². The number of hydrogen-bond acceptors (Lipinski definition) is 4. The van der Waals surface area contributed by atoms with E-state index in [1.165, 1.54) is 0 Å². The average molecular weight is 258 g/mol. The average Bonchev–Trinajstić information content (AvgIpc) is 2.60. The number of thiophene rings is 1. The second-order valence-corrected chi connectivity index (χ2v) is 5.26. The van der Waals surface area contributed by atoms with E-state index >= 15 is 0 Å². The van der Waals surface area contributed by atoms with Crippen LogP contribution in [0.15, 0.2) is 29.6 Å². The molecule has 0 aliphatic rings. The first-order valence-electron chi connectivity index (χ1n) is 4.63. The Morgan fingerprint density at radius 3 is 2.81 bits per heavy atom. The largest absolute Gasteiger partial charge is 0.397 e. The van der Waals surface area contributed by atoms with Gasteiger partial charge in [-0.1, -0.05) is 18.2 Å². The second kappa shape index (κ2) is 4.50. The van der Waals surface area contributed by atoms with Crippen LogP contribution >= 0.6 is 11.3 Å². The molecule has 0 radical (unpaired) electrons. The fourth-order valence-electron chi connectivity index (χ4n) is 1.48. The fourth-order valence-corrected chi connectivity index (χ4v) is 2.77. The summed E-state index contributed by atoms with van der Waals surface area (Å²) in [5, 5.41) is 3.07. The maximum absolute atomic E-state index is 10.4. The summed E-state index contributed by atoms with van der Waals surface area (Å²) in [4.78, 5) is 0. The highest BCUT2D eigenvalue weighted by molar-refractivity contribution is 7.80. The van der Waals surface area contributed by atoms with Gasteiger partial charge in [0.25, 0.3) is 0 Å². The van der Waals surface area contributed by atoms with Crippen molar-refractivity contribution in [1.29, 1.82) is 0 Å². The molecular formula is C10H10O4S2. The highest BCUT2D eigenvalue weighted by Crippen LogP contribution is 2.25. The maximum atomic E-state index is 10.4. The monoisotopic (exact) mass is 258 g/mol. The standard InChI is InChI=1S/C10H10O4S2/c11-16(12,13)14-6-5-8-7-15-10-4-2-1-3-9(8)10/h1-4,7H,5-6H2,(H,11,12,13). The molecule has 16 heavy (non-hydrogen) atoms. The molecule has 1 aromatic carbocycles. The van der Waals surface area contributed by atoms with Crippen LogP contribution in [0.4, 0.5) is 0 Å². The summed E-state index contributed by atoms with van der Waals surface area (Å²) in [6.45, 7) is -0.0421. The van der Waals surface area contributed by atoms with Crippen molar-refractivity contribution in [3.63, 3.8) is 0 Å². The van der Waals surface area contributed by atoms with Crippen molar-refractivity contribution in [3.05, 3.63) is 35.2 Å². The lowest BCUT2D eigenvalue weighted by molar-refractivity contribution is 0.272. The highest BCUT2D eigenvalue weighted by atomic mass is 32.3. The van der Waals surface area contributed by atoms with Crippen molar-refractivity contribution in [1.82, 2.24) is 0 Å². The molecule has 0 saturated heterocycles. The zero-order chi connectivity index (χ0) is 11.6. The van der Waals surface area contributed by atoms with Crippen molar-refractivity contribution in [2.45, 2.75) is 6.42 Å². The Morgan fingerprint density at radius 2 is 2.06 bits per heavy atom. The van der Waals surface area contributed by atoms with Gasteiger partial charge in [-0.2, -0.15) is 8.42 Å². The van der Waals surface area contributed by atoms with Crippen LogP contribution in [-0.2, 0) is 21.0 Å². The summed E-state index contributed by atoms with van der Waals surface area (Å²) in [5.41, 5.74) is 1.03. The molecule has 1 heterocycles. The molecule has 2 rings (SSSR count). The molecule has 0 amide bonds. The van der Waals surface area contributed by atoms with Crippen LogP contribution in [0, 0.1) is 0 Å². The van der Waals surface area contributed by atoms with E-state index in [-0.39, 0.29) is 6.61 Å². The van der Waals surface area contributed by atoms with E-state index < -0.39 is 10.4 Å². The number of benzene rings is 1. The van der Waals surface area contributed by atoms with E-state index in [1.807, 2.05) is 29.6 Å². The van der Waals surface area contributed by atoms with Gasteiger partial charge < -0.3 is 0 Å². The molecule has 2 aromatic rings. The van der Waals surface area contributed by atoms with E-state index in [0.29, 0.717) is 6.42 Å². The van der Waals surface area contributed by atoms with E-state index in [4.69, 9.17) is 4.55 Å². The Labute approximate surface area is 97.4 Å². The topological polar surface area (TPSA) is 63.6 Å². The van der Waals surface area contributed by atoms with E-state index in [0.717, 1.165) is 15.6 Å². The molecule has 0 unspecified atom stereocenters. The minimum Gasteiger partial charge on any atom is -0.264 e. The lowest BCUT2D eigenvalue weighted by atomic mass is 10.1. The zero-order valence-corrected chi connectivity index (χ0v) is 9.92. The van der Waals surface area contributed by atoms with E-state index in [9.17, 15) is 8.42 Å². The number of fused-ring (bicyclic) bond motifs is 1. The quantitative estimate of drug-likeness (QED) is 0.854. The summed E-state index contributed by atoms with van der Waals surface area (Å²) in [6, 6.07) is 7.88. The van der Waals surface area contributed by atoms with Crippen molar-refractivity contribution in [2.24, 2.45) is 0 Å². The van der Waals surface area contributed by atoms with Gasteiger partial charge in [-0.3, -0.25) is 4.55 Å². The molecule has 0 spiro atoms. The Balaban J connectivity index is 2.10. The molecule has 6 heteroatoms. The van der Waals surface area contributed by atoms with Crippen LogP contribution in [0.3, 0.4) is 0 Å². The Kier molecular flexibility index (Phi) is 3.25. The molecule has 1 N–H and O–H groups in total. The summed E-state index contributed by atoms with van der Waals surface area (Å²) in [7, 11) is -4.33. The van der Waals surface area contributed by atoms with Gasteiger partial charge in [-0.25, -0.2) is 4.18 Å². The molecule has 0 aliphatic heterocycles. The second-order valence-electron chi connectivity index (χ2n) is 3.26. The first kappa shape index (κ1) is 11.5. The molecular weight excluding hydrogens is 248 g/mol. The first-order valence-corrected chi connectivity index (χ1v) is 6.88. The zero-order valence-electron chi connectivity index (χ0n) is 8.29. The van der Waals surface area contributed by atoms with E-state index in [1.54, 1.807) is 11.3 Å². The summed E-state index contributed by atoms with van der Waals surface area (Å²) in [6.07, 6.45) is 0.462. The smallest absolute Gasteiger partial charge is 0.264 e. The van der Waals surface area contributed by atoms with Crippen LogP contribution in [0.25, 0.3) is 10.1 Å². The third-order valence-electron chi connectivity index (χ3n) is 2.16. The number of hydrogen-bond donors (Lipinski definition) is 1. The summed E-state index contributed by atoms with van der Waals surface area (Å²) >= 11 is 1.60. The predicted molar refractivity (Wildman–Crippen MR) is 63.0 cm³/mol. The number of rotatable bonds is 4. The Hall–Kier alpha value is -0.950. The van der Waals surface area contributed by atoms with Crippen LogP contribution < -0.4 is 0 Å². The predicted octanol–water partition coefficient (Wildman–Crippen LogP) is 2.26. The van der Waals surface area contributed by atoms with Crippen LogP contribution in [0.5, 0.6) is 0 Å². The van der Waals surface area contributed by atoms with Crippen LogP contribution in [0.2, 0.25) is 0 Å². The SMILES string of the molecule is O=S(=O)(O)OCCc1csc2ccccc12. The van der Waals surface area contributed by atoms with Gasteiger partial charge in [0, 0.05) is 4.70 Å². The Bertz CT molecular complexity index is 586. The molecule has 1 aromatic heterocycles. The van der Waals surface area contributed by atoms with Crippen molar-refractivity contribution >= 4 is 31.8 Å². The van der Waals surface area contributed by atoms with Crippen LogP contribution in [-0.4, -0.2) is 19.6 Å². The summed E-state index contributed by atoms with van der Waals surface area (Å²) in [5.74, 6) is 0. The fraction of sp³-hybridized carbons (Fsp3) is 0.200. The molecule has 4 nitrogen and oxygen atoms in total.